The largest absolute Gasteiger partial charge is 0.480 e. The van der Waals surface area contributed by atoms with Gasteiger partial charge in [-0.2, -0.15) is 0 Å². The number of nitrogens with zero attached hydrogens (tertiary/aromatic N) is 1. The summed E-state index contributed by atoms with van der Waals surface area (Å²) in [6.45, 7) is 3.06. The molecule has 0 aliphatic heterocycles. The zero-order chi connectivity index (χ0) is 14.8. The van der Waals surface area contributed by atoms with Crippen molar-refractivity contribution in [2.45, 2.75) is 24.3 Å². The summed E-state index contributed by atoms with van der Waals surface area (Å²) in [5, 5.41) is 11.8. The Balaban J connectivity index is 2.99. The number of hydrogen-bond acceptors (Lipinski definition) is 4. The van der Waals surface area contributed by atoms with Crippen molar-refractivity contribution in [1.82, 2.24) is 4.31 Å². The second kappa shape index (κ2) is 5.18. The number of carboxylic acids is 1. The van der Waals surface area contributed by atoms with Crippen molar-refractivity contribution in [2.24, 2.45) is 0 Å². The Kier molecular flexibility index (Phi) is 4.21. The summed E-state index contributed by atoms with van der Waals surface area (Å²) in [6, 6.07) is 5.97. The average molecular weight is 286 g/mol. The third kappa shape index (κ3) is 3.45. The van der Waals surface area contributed by atoms with Gasteiger partial charge in [-0.1, -0.05) is 0 Å². The molecule has 0 unspecified atom stereocenters. The minimum atomic E-state index is -3.46. The maximum atomic E-state index is 11.8. The van der Waals surface area contributed by atoms with Crippen molar-refractivity contribution in [2.75, 3.05) is 19.4 Å². The lowest BCUT2D eigenvalue weighted by Gasteiger charge is -2.22. The maximum Gasteiger partial charge on any atom is 0.328 e. The van der Waals surface area contributed by atoms with Gasteiger partial charge in [-0.25, -0.2) is 17.5 Å². The van der Waals surface area contributed by atoms with E-state index in [4.69, 9.17) is 5.11 Å². The van der Waals surface area contributed by atoms with Gasteiger partial charge in [0, 0.05) is 19.8 Å². The maximum absolute atomic E-state index is 11.8. The Bertz CT molecular complexity index is 562. The summed E-state index contributed by atoms with van der Waals surface area (Å²) < 4.78 is 24.8. The van der Waals surface area contributed by atoms with Crippen LogP contribution in [0.2, 0.25) is 0 Å². The van der Waals surface area contributed by atoms with E-state index in [1.165, 1.54) is 40.1 Å². The number of carboxylic acid groups (broad SMARTS) is 1. The number of hydrogen-bond donors (Lipinski definition) is 2. The van der Waals surface area contributed by atoms with Crippen molar-refractivity contribution in [3.05, 3.63) is 24.3 Å². The molecule has 0 aromatic heterocycles. The Morgan fingerprint density at radius 1 is 1.21 bits per heavy atom. The summed E-state index contributed by atoms with van der Waals surface area (Å²) in [7, 11) is -0.558. The van der Waals surface area contributed by atoms with Gasteiger partial charge in [0.05, 0.1) is 4.90 Å². The van der Waals surface area contributed by atoms with E-state index in [1.54, 1.807) is 12.1 Å². The van der Waals surface area contributed by atoms with E-state index in [1.807, 2.05) is 0 Å². The Morgan fingerprint density at radius 2 is 1.68 bits per heavy atom. The predicted molar refractivity (Wildman–Crippen MR) is 72.7 cm³/mol. The Hall–Kier alpha value is -1.60. The molecule has 6 nitrogen and oxygen atoms in total. The molecule has 0 saturated heterocycles. The molecule has 0 fully saturated rings. The number of rotatable bonds is 5. The van der Waals surface area contributed by atoms with E-state index in [-0.39, 0.29) is 4.90 Å². The summed E-state index contributed by atoms with van der Waals surface area (Å²) in [5.41, 5.74) is -0.577. The highest BCUT2D eigenvalue weighted by atomic mass is 32.2. The molecule has 106 valence electrons. The van der Waals surface area contributed by atoms with E-state index in [2.05, 4.69) is 5.32 Å². The molecule has 2 N–H and O–H groups in total. The lowest BCUT2D eigenvalue weighted by molar-refractivity contribution is -0.141. The van der Waals surface area contributed by atoms with Crippen molar-refractivity contribution >= 4 is 21.7 Å². The second-order valence-corrected chi connectivity index (χ2v) is 7.02. The van der Waals surface area contributed by atoms with E-state index in [9.17, 15) is 13.2 Å². The quantitative estimate of drug-likeness (QED) is 0.849. The fraction of sp³-hybridized carbons (Fsp3) is 0.417. The zero-order valence-corrected chi connectivity index (χ0v) is 12.2. The molecule has 19 heavy (non-hydrogen) atoms. The molecule has 0 heterocycles. The number of anilines is 1. The molecule has 0 saturated carbocycles. The number of nitrogens with one attached hydrogen (secondary N) is 1. The molecule has 1 rings (SSSR count). The van der Waals surface area contributed by atoms with Crippen molar-refractivity contribution in [3.63, 3.8) is 0 Å². The van der Waals surface area contributed by atoms with E-state index in [0.717, 1.165) is 4.31 Å². The van der Waals surface area contributed by atoms with E-state index >= 15 is 0 Å². The molecule has 1 aromatic carbocycles. The van der Waals surface area contributed by atoms with Crippen LogP contribution in [0.5, 0.6) is 0 Å². The average Bonchev–Trinajstić information content (AvgIpc) is 2.28. The number of carbonyl (C=O) groups is 1. The Morgan fingerprint density at radius 3 is 2.05 bits per heavy atom. The van der Waals surface area contributed by atoms with Crippen LogP contribution in [0, 0.1) is 0 Å². The first-order valence-electron chi connectivity index (χ1n) is 5.61. The van der Waals surface area contributed by atoms with Gasteiger partial charge in [0.2, 0.25) is 10.0 Å². The highest BCUT2D eigenvalue weighted by Crippen LogP contribution is 2.19. The van der Waals surface area contributed by atoms with Gasteiger partial charge in [0.25, 0.3) is 0 Å². The van der Waals surface area contributed by atoms with Crippen LogP contribution in [0.3, 0.4) is 0 Å². The second-order valence-electron chi connectivity index (χ2n) is 4.87. The summed E-state index contributed by atoms with van der Waals surface area (Å²) in [6.07, 6.45) is 0. The van der Waals surface area contributed by atoms with Gasteiger partial charge in [0.15, 0.2) is 0 Å². The number of sulfonamides is 1. The summed E-state index contributed by atoms with van der Waals surface area (Å²) in [4.78, 5) is 11.1. The molecular weight excluding hydrogens is 268 g/mol. The lowest BCUT2D eigenvalue weighted by atomic mass is 10.1. The van der Waals surface area contributed by atoms with Crippen LogP contribution in [0.4, 0.5) is 5.69 Å². The normalized spacial score (nSPS) is 12.5. The van der Waals surface area contributed by atoms with Crippen LogP contribution in [0.25, 0.3) is 0 Å². The Labute approximate surface area is 113 Å². The fourth-order valence-electron chi connectivity index (χ4n) is 1.34. The van der Waals surface area contributed by atoms with Crippen LogP contribution in [0.1, 0.15) is 13.8 Å². The molecule has 1 aromatic rings. The first kappa shape index (κ1) is 15.5. The smallest absolute Gasteiger partial charge is 0.328 e. The highest BCUT2D eigenvalue weighted by Gasteiger charge is 2.26. The van der Waals surface area contributed by atoms with Crippen LogP contribution < -0.4 is 5.32 Å². The minimum Gasteiger partial charge on any atom is -0.480 e. The van der Waals surface area contributed by atoms with Crippen molar-refractivity contribution in [1.29, 1.82) is 0 Å². The van der Waals surface area contributed by atoms with Crippen LogP contribution in [-0.2, 0) is 14.8 Å². The first-order chi connectivity index (χ1) is 8.57. The minimum absolute atomic E-state index is 0.163. The third-order valence-electron chi connectivity index (χ3n) is 2.62. The van der Waals surface area contributed by atoms with Gasteiger partial charge in [-0.3, -0.25) is 0 Å². The van der Waals surface area contributed by atoms with Crippen LogP contribution in [0.15, 0.2) is 29.2 Å². The summed E-state index contributed by atoms with van der Waals surface area (Å²) in [5.74, 6) is -0.988. The van der Waals surface area contributed by atoms with Gasteiger partial charge >= 0.3 is 5.97 Å². The number of benzene rings is 1. The van der Waals surface area contributed by atoms with Crippen molar-refractivity contribution < 1.29 is 18.3 Å². The third-order valence-corrected chi connectivity index (χ3v) is 4.45. The molecule has 0 aliphatic rings. The zero-order valence-electron chi connectivity index (χ0n) is 11.3. The topological polar surface area (TPSA) is 86.7 Å². The van der Waals surface area contributed by atoms with Crippen molar-refractivity contribution in [3.8, 4) is 0 Å². The molecule has 0 amide bonds. The fourth-order valence-corrected chi connectivity index (χ4v) is 2.24. The van der Waals surface area contributed by atoms with Gasteiger partial charge in [-0.05, 0) is 38.1 Å². The number of aliphatic carboxylic acids is 1. The van der Waals surface area contributed by atoms with Gasteiger partial charge in [0.1, 0.15) is 5.54 Å². The summed E-state index contributed by atoms with van der Waals surface area (Å²) >= 11 is 0. The molecule has 0 bridgehead atoms. The van der Waals surface area contributed by atoms with Crippen LogP contribution >= 0.6 is 0 Å². The molecule has 0 aliphatic carbocycles. The molecule has 0 atom stereocenters. The first-order valence-corrected chi connectivity index (χ1v) is 7.05. The van der Waals surface area contributed by atoms with Gasteiger partial charge in [-0.15, -0.1) is 0 Å². The van der Waals surface area contributed by atoms with E-state index < -0.39 is 21.5 Å². The SMILES string of the molecule is CN(C)S(=O)(=O)c1ccc(NC(C)(C)C(=O)O)cc1. The lowest BCUT2D eigenvalue weighted by Crippen LogP contribution is -2.39. The molecular formula is C12H18N2O4S. The van der Waals surface area contributed by atoms with Gasteiger partial charge < -0.3 is 10.4 Å². The monoisotopic (exact) mass is 286 g/mol. The van der Waals surface area contributed by atoms with Crippen LogP contribution in [-0.4, -0.2) is 43.4 Å². The predicted octanol–water partition coefficient (Wildman–Crippen LogP) is 1.21. The molecule has 7 heteroatoms. The highest BCUT2D eigenvalue weighted by molar-refractivity contribution is 7.89. The molecule has 0 radical (unpaired) electrons. The standard InChI is InChI=1S/C12H18N2O4S/c1-12(2,11(15)16)13-9-5-7-10(8-6-9)19(17,18)14(3)4/h5-8,13H,1-4H3,(H,15,16). The molecule has 0 spiro atoms. The van der Waals surface area contributed by atoms with E-state index in [0.29, 0.717) is 5.69 Å².